The summed E-state index contributed by atoms with van der Waals surface area (Å²) in [6.45, 7) is 2.02. The zero-order valence-corrected chi connectivity index (χ0v) is 7.59. The average molecular weight is 168 g/mol. The highest BCUT2D eigenvalue weighted by molar-refractivity contribution is 7.50. The Morgan fingerprint density at radius 3 is 2.45 bits per heavy atom. The minimum Gasteiger partial charge on any atom is -0.373 e. The molecule has 1 aromatic carbocycles. The molecule has 1 rings (SSSR count). The molecule has 0 aliphatic heterocycles. The summed E-state index contributed by atoms with van der Waals surface area (Å²) < 4.78 is 0. The largest absolute Gasteiger partial charge is 0.373 e. The van der Waals surface area contributed by atoms with E-state index in [-0.39, 0.29) is 0 Å². The molecule has 0 aliphatic rings. The molecule has 1 nitrogen and oxygen atoms in total. The number of hydrogen-bond donors (Lipinski definition) is 1. The van der Waals surface area contributed by atoms with Crippen molar-refractivity contribution < 1.29 is 4.89 Å². The van der Waals surface area contributed by atoms with E-state index in [0.717, 1.165) is 12.3 Å². The topological polar surface area (TPSA) is 20.2 Å². The molecule has 60 valence electrons. The van der Waals surface area contributed by atoms with Gasteiger partial charge >= 0.3 is 0 Å². The fourth-order valence-corrected chi connectivity index (χ4v) is 1.76. The molecule has 2 heteroatoms. The van der Waals surface area contributed by atoms with Crippen molar-refractivity contribution in [1.29, 1.82) is 0 Å². The van der Waals surface area contributed by atoms with Crippen molar-refractivity contribution in [2.75, 3.05) is 6.16 Å². The summed E-state index contributed by atoms with van der Waals surface area (Å²) in [4.78, 5) is 9.38. The van der Waals surface area contributed by atoms with Crippen LogP contribution in [0.25, 0.3) is 0 Å². The third kappa shape index (κ3) is 3.00. The van der Waals surface area contributed by atoms with Gasteiger partial charge in [-0.3, -0.25) is 0 Å². The quantitative estimate of drug-likeness (QED) is 0.688. The number of rotatable bonds is 3. The van der Waals surface area contributed by atoms with Gasteiger partial charge < -0.3 is 4.89 Å². The van der Waals surface area contributed by atoms with Crippen LogP contribution in [-0.2, 0) is 6.16 Å². The fraction of sp³-hybridized carbons (Fsp3) is 0.333. The van der Waals surface area contributed by atoms with E-state index in [1.165, 1.54) is 5.56 Å². The molecule has 0 fully saturated rings. The van der Waals surface area contributed by atoms with Crippen molar-refractivity contribution in [1.82, 2.24) is 0 Å². The van der Waals surface area contributed by atoms with E-state index in [0.29, 0.717) is 0 Å². The van der Waals surface area contributed by atoms with E-state index in [1.807, 2.05) is 25.1 Å². The van der Waals surface area contributed by atoms with Gasteiger partial charge in [0.15, 0.2) is 0 Å². The molecule has 0 amide bonds. The zero-order chi connectivity index (χ0) is 8.10. The highest BCUT2D eigenvalue weighted by Crippen LogP contribution is 2.33. The van der Waals surface area contributed by atoms with Crippen molar-refractivity contribution in [3.63, 3.8) is 0 Å². The molecule has 0 heterocycles. The van der Waals surface area contributed by atoms with Gasteiger partial charge in [0.05, 0.1) is 0 Å². The van der Waals surface area contributed by atoms with E-state index in [9.17, 15) is 4.89 Å². The normalized spacial score (nSPS) is 12.9. The van der Waals surface area contributed by atoms with Gasteiger partial charge in [0, 0.05) is 14.3 Å². The van der Waals surface area contributed by atoms with Crippen molar-refractivity contribution in [3.8, 4) is 0 Å². The van der Waals surface area contributed by atoms with Crippen LogP contribution in [0, 0.1) is 0 Å². The van der Waals surface area contributed by atoms with E-state index in [4.69, 9.17) is 0 Å². The average Bonchev–Trinajstić information content (AvgIpc) is 2.06. The Bertz CT molecular complexity index is 198. The SMILES string of the molecule is CCP(O)Cc1ccccc1. The second-order valence-corrected chi connectivity index (χ2v) is 4.43. The first-order chi connectivity index (χ1) is 5.33. The van der Waals surface area contributed by atoms with Gasteiger partial charge in [0.25, 0.3) is 0 Å². The standard InChI is InChI=1S/C9H13OP/c1-2-11(10)8-9-6-4-3-5-7-9/h3-7,10H,2,8H2,1H3. The van der Waals surface area contributed by atoms with Crippen molar-refractivity contribution >= 4 is 8.15 Å². The molecular weight excluding hydrogens is 155 g/mol. The molecule has 0 saturated carbocycles. The number of benzene rings is 1. The fourth-order valence-electron chi connectivity index (χ4n) is 0.906. The number of hydrogen-bond acceptors (Lipinski definition) is 1. The predicted molar refractivity (Wildman–Crippen MR) is 49.8 cm³/mol. The summed E-state index contributed by atoms with van der Waals surface area (Å²) in [5, 5.41) is 0. The third-order valence-corrected chi connectivity index (χ3v) is 3.03. The molecule has 1 unspecified atom stereocenters. The van der Waals surface area contributed by atoms with Crippen molar-refractivity contribution in [2.45, 2.75) is 13.1 Å². The highest BCUT2D eigenvalue weighted by atomic mass is 31.1. The lowest BCUT2D eigenvalue weighted by Crippen LogP contribution is -1.84. The van der Waals surface area contributed by atoms with Crippen LogP contribution in [0.3, 0.4) is 0 Å². The molecule has 0 saturated heterocycles. The molecule has 1 aromatic rings. The maximum Gasteiger partial charge on any atom is 0.0293 e. The summed E-state index contributed by atoms with van der Waals surface area (Å²) in [7, 11) is -0.755. The molecule has 0 radical (unpaired) electrons. The summed E-state index contributed by atoms with van der Waals surface area (Å²) in [6, 6.07) is 10.1. The first-order valence-electron chi connectivity index (χ1n) is 3.80. The van der Waals surface area contributed by atoms with E-state index < -0.39 is 8.15 Å². The monoisotopic (exact) mass is 168 g/mol. The maximum absolute atomic E-state index is 9.38. The Morgan fingerprint density at radius 2 is 1.91 bits per heavy atom. The first kappa shape index (κ1) is 8.70. The molecule has 1 N–H and O–H groups in total. The van der Waals surface area contributed by atoms with Crippen molar-refractivity contribution in [3.05, 3.63) is 35.9 Å². The molecule has 1 atom stereocenters. The Kier molecular flexibility index (Phi) is 3.55. The highest BCUT2D eigenvalue weighted by Gasteiger charge is 2.00. The Hall–Kier alpha value is -0.390. The van der Waals surface area contributed by atoms with E-state index in [2.05, 4.69) is 12.1 Å². The molecule has 0 aliphatic carbocycles. The van der Waals surface area contributed by atoms with Gasteiger partial charge in [0.1, 0.15) is 0 Å². The summed E-state index contributed by atoms with van der Waals surface area (Å²) in [6.07, 6.45) is 1.73. The van der Waals surface area contributed by atoms with Gasteiger partial charge in [-0.15, -0.1) is 0 Å². The van der Waals surface area contributed by atoms with Gasteiger partial charge in [-0.1, -0.05) is 37.3 Å². The molecule has 0 bridgehead atoms. The van der Waals surface area contributed by atoms with Crippen molar-refractivity contribution in [2.24, 2.45) is 0 Å². The van der Waals surface area contributed by atoms with Gasteiger partial charge in [-0.25, -0.2) is 0 Å². The second-order valence-electron chi connectivity index (χ2n) is 2.47. The molecule has 11 heavy (non-hydrogen) atoms. The Balaban J connectivity index is 2.51. The molecule has 0 spiro atoms. The second kappa shape index (κ2) is 4.48. The minimum absolute atomic E-state index is 0.755. The lowest BCUT2D eigenvalue weighted by molar-refractivity contribution is 0.623. The van der Waals surface area contributed by atoms with Crippen LogP contribution >= 0.6 is 8.15 Å². The van der Waals surface area contributed by atoms with Crippen LogP contribution in [0.2, 0.25) is 0 Å². The molecule has 0 aromatic heterocycles. The van der Waals surface area contributed by atoms with E-state index in [1.54, 1.807) is 0 Å². The first-order valence-corrected chi connectivity index (χ1v) is 5.47. The predicted octanol–water partition coefficient (Wildman–Crippen LogP) is 2.60. The van der Waals surface area contributed by atoms with Gasteiger partial charge in [-0.2, -0.15) is 0 Å². The molecular formula is C9H13OP. The zero-order valence-electron chi connectivity index (χ0n) is 6.70. The van der Waals surface area contributed by atoms with Crippen LogP contribution < -0.4 is 0 Å². The maximum atomic E-state index is 9.38. The Morgan fingerprint density at radius 1 is 1.27 bits per heavy atom. The Labute approximate surface area is 68.9 Å². The third-order valence-electron chi connectivity index (χ3n) is 1.57. The van der Waals surface area contributed by atoms with Crippen LogP contribution in [0.5, 0.6) is 0 Å². The van der Waals surface area contributed by atoms with E-state index >= 15 is 0 Å². The van der Waals surface area contributed by atoms with Crippen LogP contribution in [-0.4, -0.2) is 11.1 Å². The summed E-state index contributed by atoms with van der Waals surface area (Å²) in [5.41, 5.74) is 1.24. The van der Waals surface area contributed by atoms with Gasteiger partial charge in [0.2, 0.25) is 0 Å². The summed E-state index contributed by atoms with van der Waals surface area (Å²) in [5.74, 6) is 0. The van der Waals surface area contributed by atoms with Crippen LogP contribution in [0.15, 0.2) is 30.3 Å². The van der Waals surface area contributed by atoms with Crippen LogP contribution in [0.1, 0.15) is 12.5 Å². The van der Waals surface area contributed by atoms with Crippen LogP contribution in [0.4, 0.5) is 0 Å². The minimum atomic E-state index is -0.755. The lowest BCUT2D eigenvalue weighted by atomic mass is 10.2. The summed E-state index contributed by atoms with van der Waals surface area (Å²) >= 11 is 0. The lowest BCUT2D eigenvalue weighted by Gasteiger charge is -2.06. The van der Waals surface area contributed by atoms with Gasteiger partial charge in [-0.05, 0) is 11.7 Å². The smallest absolute Gasteiger partial charge is 0.0293 e.